The Kier molecular flexibility index (Phi) is 7.92. The number of aromatic hydroxyl groups is 1. The number of carbonyl (C=O) groups excluding carboxylic acids is 4. The number of nitrogens with zero attached hydrogens (tertiary/aromatic N) is 2. The number of carbonyl (C=O) groups is 4. The molecule has 9 nitrogen and oxygen atoms in total. The summed E-state index contributed by atoms with van der Waals surface area (Å²) in [5.74, 6) is -6.74. The first-order valence-electron chi connectivity index (χ1n) is 16.4. The highest BCUT2D eigenvalue weighted by atomic mass is 35.5. The number of halogens is 3. The predicted octanol–water partition coefficient (Wildman–Crippen LogP) is 7.04. The molecule has 0 radical (unpaired) electrons. The number of benzene rings is 4. The zero-order chi connectivity index (χ0) is 35.8. The summed E-state index contributed by atoms with van der Waals surface area (Å²) in [5.41, 5.74) is 3.41. The molecule has 1 saturated carbocycles. The van der Waals surface area contributed by atoms with Crippen molar-refractivity contribution in [1.29, 1.82) is 0 Å². The number of allylic oxidation sites excluding steroid dienone is 2. The molecule has 0 bridgehead atoms. The maximum atomic E-state index is 15.2. The van der Waals surface area contributed by atoms with Gasteiger partial charge in [-0.3, -0.25) is 29.5 Å². The number of phenols is 1. The molecule has 0 spiro atoms. The van der Waals surface area contributed by atoms with Crippen LogP contribution in [0.3, 0.4) is 0 Å². The van der Waals surface area contributed by atoms with Crippen LogP contribution in [0.15, 0.2) is 103 Å². The molecule has 4 amide bonds. The van der Waals surface area contributed by atoms with Gasteiger partial charge in [0.05, 0.1) is 41.7 Å². The van der Waals surface area contributed by atoms with Crippen LogP contribution in [-0.4, -0.2) is 40.9 Å². The molecule has 3 fully saturated rings. The molecule has 12 heteroatoms. The minimum absolute atomic E-state index is 0.0521. The van der Waals surface area contributed by atoms with Gasteiger partial charge in [-0.05, 0) is 91.1 Å². The fourth-order valence-electron chi connectivity index (χ4n) is 8.78. The molecule has 2 saturated heterocycles. The molecule has 0 aromatic heterocycles. The Balaban J connectivity index is 1.34. The second-order valence-corrected chi connectivity index (χ2v) is 14.1. The quantitative estimate of drug-likeness (QED) is 0.162. The molecule has 2 heterocycles. The van der Waals surface area contributed by atoms with Gasteiger partial charge in [0.1, 0.15) is 5.82 Å². The van der Waals surface area contributed by atoms with Gasteiger partial charge >= 0.3 is 0 Å². The number of methoxy groups -OCH3 is 1. The first kappa shape index (κ1) is 33.0. The van der Waals surface area contributed by atoms with Crippen molar-refractivity contribution in [1.82, 2.24) is 5.01 Å². The highest BCUT2D eigenvalue weighted by Crippen LogP contribution is 2.65. The summed E-state index contributed by atoms with van der Waals surface area (Å²) in [4.78, 5) is 59.5. The lowest BCUT2D eigenvalue weighted by atomic mass is 9.49. The summed E-state index contributed by atoms with van der Waals surface area (Å²) in [5, 5.41) is 13.6. The molecule has 6 atom stereocenters. The van der Waals surface area contributed by atoms with Crippen LogP contribution < -0.4 is 15.1 Å². The number of hydrogen-bond acceptors (Lipinski definition) is 7. The number of hydrazine groups is 1. The molecular formula is C39H30Cl2FN3O6. The topological polar surface area (TPSA) is 116 Å². The zero-order valence-corrected chi connectivity index (χ0v) is 28.6. The Morgan fingerprint density at radius 1 is 0.843 bits per heavy atom. The van der Waals surface area contributed by atoms with Crippen molar-refractivity contribution < 1.29 is 33.4 Å². The van der Waals surface area contributed by atoms with E-state index in [1.165, 1.54) is 36.3 Å². The van der Waals surface area contributed by atoms with Crippen molar-refractivity contribution in [3.8, 4) is 11.5 Å². The average molecular weight is 727 g/mol. The lowest BCUT2D eigenvalue weighted by Gasteiger charge is -2.50. The molecule has 4 aliphatic rings. The molecule has 4 aromatic carbocycles. The molecule has 2 N–H and O–H groups in total. The van der Waals surface area contributed by atoms with Gasteiger partial charge in [0.25, 0.3) is 11.8 Å². The van der Waals surface area contributed by atoms with Gasteiger partial charge in [-0.1, -0.05) is 59.1 Å². The maximum absolute atomic E-state index is 15.2. The van der Waals surface area contributed by atoms with E-state index in [1.807, 2.05) is 6.08 Å². The van der Waals surface area contributed by atoms with Crippen molar-refractivity contribution in [2.75, 3.05) is 17.4 Å². The number of ether oxygens (including phenoxy) is 1. The van der Waals surface area contributed by atoms with Crippen LogP contribution in [0.1, 0.15) is 29.9 Å². The van der Waals surface area contributed by atoms with Crippen molar-refractivity contribution in [3.63, 3.8) is 0 Å². The first-order valence-corrected chi connectivity index (χ1v) is 17.2. The fourth-order valence-corrected chi connectivity index (χ4v) is 9.03. The average Bonchev–Trinajstić information content (AvgIpc) is 3.51. The SMILES string of the molecule is COc1cccc([C@H]2C3=CC[C@@H]4C(=O)N(c5ccc(Cl)cc5)C(=O)[C@@H]4[C@@H]3C[C@H]3C(=O)N(Nc4ccc(F)cc4)C(=O)[C@@]23c2ccc(Cl)cc2)c1O. The van der Waals surface area contributed by atoms with E-state index in [1.54, 1.807) is 66.7 Å². The van der Waals surface area contributed by atoms with Crippen molar-refractivity contribution in [3.05, 3.63) is 130 Å². The summed E-state index contributed by atoms with van der Waals surface area (Å²) in [6.07, 6.45) is 2.15. The molecular weight excluding hydrogens is 696 g/mol. The van der Waals surface area contributed by atoms with Crippen molar-refractivity contribution in [2.24, 2.45) is 23.7 Å². The van der Waals surface area contributed by atoms with Gasteiger partial charge in [0.15, 0.2) is 11.5 Å². The van der Waals surface area contributed by atoms with Gasteiger partial charge in [0, 0.05) is 21.5 Å². The standard InChI is InChI=1S/C39H30Cl2FN3O6/c1-51-31-4-2-3-28(34(31)46)33-26-17-18-27-32(37(49)44(35(27)47)25-15-9-22(41)10-16-25)29(26)19-30-36(48)45(43-24-13-11-23(42)12-14-24)38(50)39(30,33)20-5-7-21(40)8-6-20/h2-17,27,29-30,32-33,43,46H,18-19H2,1H3/t27-,29+,30-,32-,33+,39+/m0/s1. The van der Waals surface area contributed by atoms with E-state index < -0.39 is 58.5 Å². The van der Waals surface area contributed by atoms with Gasteiger partial charge in [-0.25, -0.2) is 4.39 Å². The summed E-state index contributed by atoms with van der Waals surface area (Å²) in [6.45, 7) is 0. The van der Waals surface area contributed by atoms with Gasteiger partial charge in [-0.15, -0.1) is 0 Å². The number of rotatable bonds is 6. The van der Waals surface area contributed by atoms with Crippen LogP contribution in [-0.2, 0) is 24.6 Å². The zero-order valence-electron chi connectivity index (χ0n) is 27.1. The van der Waals surface area contributed by atoms with E-state index in [2.05, 4.69) is 5.43 Å². The van der Waals surface area contributed by atoms with Gasteiger partial charge < -0.3 is 9.84 Å². The highest BCUT2D eigenvalue weighted by Gasteiger charge is 2.70. The molecule has 2 aliphatic heterocycles. The molecule has 8 rings (SSSR count). The largest absolute Gasteiger partial charge is 0.504 e. The van der Waals surface area contributed by atoms with Crippen LogP contribution in [0.2, 0.25) is 10.0 Å². The third-order valence-electron chi connectivity index (χ3n) is 10.9. The van der Waals surface area contributed by atoms with Crippen LogP contribution in [0.5, 0.6) is 11.5 Å². The van der Waals surface area contributed by atoms with E-state index in [9.17, 15) is 23.9 Å². The van der Waals surface area contributed by atoms with Crippen molar-refractivity contribution >= 4 is 58.2 Å². The number of amides is 4. The summed E-state index contributed by atoms with van der Waals surface area (Å²) < 4.78 is 19.4. The number of imide groups is 2. The fraction of sp³-hybridized carbons (Fsp3) is 0.231. The van der Waals surface area contributed by atoms with Crippen molar-refractivity contribution in [2.45, 2.75) is 24.2 Å². The van der Waals surface area contributed by atoms with Crippen LogP contribution in [0, 0.1) is 29.5 Å². The normalized spacial score (nSPS) is 26.8. The van der Waals surface area contributed by atoms with Gasteiger partial charge in [0.2, 0.25) is 11.8 Å². The van der Waals surface area contributed by atoms with E-state index >= 15 is 4.79 Å². The number of para-hydroxylation sites is 1. The van der Waals surface area contributed by atoms with Crippen LogP contribution in [0.25, 0.3) is 0 Å². The predicted molar refractivity (Wildman–Crippen MR) is 188 cm³/mol. The molecule has 0 unspecified atom stereocenters. The van der Waals surface area contributed by atoms with Crippen LogP contribution in [0.4, 0.5) is 15.8 Å². The summed E-state index contributed by atoms with van der Waals surface area (Å²) in [6, 6.07) is 23.3. The lowest BCUT2D eigenvalue weighted by Crippen LogP contribution is -2.53. The number of nitrogens with one attached hydrogen (secondary N) is 1. The Hall–Kier alpha value is -5.19. The lowest BCUT2D eigenvalue weighted by molar-refractivity contribution is -0.138. The monoisotopic (exact) mass is 725 g/mol. The Morgan fingerprint density at radius 2 is 1.51 bits per heavy atom. The van der Waals surface area contributed by atoms with E-state index in [4.69, 9.17) is 27.9 Å². The summed E-state index contributed by atoms with van der Waals surface area (Å²) in [7, 11) is 1.41. The minimum atomic E-state index is -1.64. The number of hydrogen-bond donors (Lipinski definition) is 2. The Morgan fingerprint density at radius 3 is 2.18 bits per heavy atom. The second kappa shape index (κ2) is 12.2. The Bertz CT molecular complexity index is 2140. The maximum Gasteiger partial charge on any atom is 0.260 e. The minimum Gasteiger partial charge on any atom is -0.504 e. The van der Waals surface area contributed by atoms with E-state index in [0.29, 0.717) is 38.1 Å². The molecule has 4 aromatic rings. The number of fused-ring (bicyclic) bond motifs is 4. The highest BCUT2D eigenvalue weighted by molar-refractivity contribution is 6.31. The molecule has 2 aliphatic carbocycles. The third-order valence-corrected chi connectivity index (χ3v) is 11.4. The smallest absolute Gasteiger partial charge is 0.260 e. The second-order valence-electron chi connectivity index (χ2n) is 13.3. The van der Waals surface area contributed by atoms with E-state index in [-0.39, 0.29) is 30.2 Å². The van der Waals surface area contributed by atoms with Crippen LogP contribution >= 0.6 is 23.2 Å². The molecule has 51 heavy (non-hydrogen) atoms. The van der Waals surface area contributed by atoms with E-state index in [0.717, 1.165) is 5.01 Å². The first-order chi connectivity index (χ1) is 24.6. The Labute approximate surface area is 302 Å². The number of anilines is 2. The van der Waals surface area contributed by atoms with Gasteiger partial charge in [-0.2, -0.15) is 5.01 Å². The summed E-state index contributed by atoms with van der Waals surface area (Å²) >= 11 is 12.5. The number of phenolic OH excluding ortho intramolecular Hbond substituents is 1. The third kappa shape index (κ3) is 4.87. The molecule has 258 valence electrons.